The molecule has 0 radical (unpaired) electrons. The summed E-state index contributed by atoms with van der Waals surface area (Å²) in [6, 6.07) is 9.53. The van der Waals surface area contributed by atoms with Gasteiger partial charge in [0.25, 0.3) is 0 Å². The van der Waals surface area contributed by atoms with E-state index in [2.05, 4.69) is 20.2 Å². The Morgan fingerprint density at radius 3 is 2.54 bits per heavy atom. The number of ether oxygens (including phenoxy) is 2. The second-order valence-corrected chi connectivity index (χ2v) is 5.74. The zero-order chi connectivity index (χ0) is 16.6. The van der Waals surface area contributed by atoms with Crippen molar-refractivity contribution < 1.29 is 9.47 Å². The lowest BCUT2D eigenvalue weighted by molar-refractivity contribution is 0.331. The lowest BCUT2D eigenvalue weighted by Gasteiger charge is -2.27. The van der Waals surface area contributed by atoms with Gasteiger partial charge >= 0.3 is 0 Å². The summed E-state index contributed by atoms with van der Waals surface area (Å²) in [6.45, 7) is 3.35. The molecule has 1 aromatic carbocycles. The van der Waals surface area contributed by atoms with Crippen LogP contribution in [0.4, 0.5) is 11.8 Å². The standard InChI is InChI=1S/C18H24N4O2/c1-23-15-5-7-16(8-6-15)24-14-11-20-18-19-10-9-17(21-18)22-12-3-2-4-13-22/h5-10H,2-4,11-14H2,1H3,(H,19,20,21). The molecule has 1 N–H and O–H groups in total. The summed E-state index contributed by atoms with van der Waals surface area (Å²) in [5, 5.41) is 3.22. The number of piperidine rings is 1. The average Bonchev–Trinajstić information content (AvgIpc) is 2.67. The van der Waals surface area contributed by atoms with Crippen molar-refractivity contribution in [1.29, 1.82) is 0 Å². The molecule has 1 aromatic heterocycles. The van der Waals surface area contributed by atoms with Crippen LogP contribution in [0.25, 0.3) is 0 Å². The Kier molecular flexibility index (Phi) is 5.71. The number of hydrogen-bond acceptors (Lipinski definition) is 6. The third kappa shape index (κ3) is 4.50. The molecule has 24 heavy (non-hydrogen) atoms. The minimum absolute atomic E-state index is 0.545. The summed E-state index contributed by atoms with van der Waals surface area (Å²) in [5.74, 6) is 3.30. The molecule has 0 aliphatic carbocycles. The number of methoxy groups -OCH3 is 1. The van der Waals surface area contributed by atoms with E-state index in [1.54, 1.807) is 7.11 Å². The van der Waals surface area contributed by atoms with Crippen molar-refractivity contribution >= 4 is 11.8 Å². The molecule has 0 saturated carbocycles. The Labute approximate surface area is 142 Å². The summed E-state index contributed by atoms with van der Waals surface area (Å²) in [4.78, 5) is 11.2. The molecule has 1 aliphatic rings. The van der Waals surface area contributed by atoms with Crippen LogP contribution in [0.1, 0.15) is 19.3 Å². The van der Waals surface area contributed by atoms with Crippen LogP contribution < -0.4 is 19.7 Å². The highest BCUT2D eigenvalue weighted by molar-refractivity contribution is 5.42. The summed E-state index contributed by atoms with van der Waals surface area (Å²) in [5.41, 5.74) is 0. The zero-order valence-electron chi connectivity index (χ0n) is 14.1. The molecule has 0 atom stereocenters. The Morgan fingerprint density at radius 2 is 1.79 bits per heavy atom. The van der Waals surface area contributed by atoms with E-state index in [0.29, 0.717) is 19.1 Å². The molecule has 6 heteroatoms. The van der Waals surface area contributed by atoms with Gasteiger partial charge in [-0.25, -0.2) is 4.98 Å². The number of nitrogens with one attached hydrogen (secondary N) is 1. The molecule has 128 valence electrons. The van der Waals surface area contributed by atoms with Gasteiger partial charge in [0, 0.05) is 19.3 Å². The molecule has 1 aliphatic heterocycles. The molecule has 0 spiro atoms. The Hall–Kier alpha value is -2.50. The van der Waals surface area contributed by atoms with Crippen molar-refractivity contribution in [3.05, 3.63) is 36.5 Å². The van der Waals surface area contributed by atoms with Gasteiger partial charge in [-0.15, -0.1) is 0 Å². The van der Waals surface area contributed by atoms with Crippen LogP contribution in [0, 0.1) is 0 Å². The highest BCUT2D eigenvalue weighted by Gasteiger charge is 2.12. The van der Waals surface area contributed by atoms with E-state index in [0.717, 1.165) is 30.4 Å². The quantitative estimate of drug-likeness (QED) is 0.789. The fraction of sp³-hybridized carbons (Fsp3) is 0.444. The van der Waals surface area contributed by atoms with Crippen molar-refractivity contribution in [2.24, 2.45) is 0 Å². The third-order valence-electron chi connectivity index (χ3n) is 4.03. The largest absolute Gasteiger partial charge is 0.497 e. The number of hydrogen-bond donors (Lipinski definition) is 1. The molecule has 0 bridgehead atoms. The third-order valence-corrected chi connectivity index (χ3v) is 4.03. The van der Waals surface area contributed by atoms with Gasteiger partial charge in [0.05, 0.1) is 13.7 Å². The first-order valence-corrected chi connectivity index (χ1v) is 8.44. The maximum absolute atomic E-state index is 5.69. The first-order chi connectivity index (χ1) is 11.8. The van der Waals surface area contributed by atoms with Crippen molar-refractivity contribution in [3.8, 4) is 11.5 Å². The van der Waals surface area contributed by atoms with Crippen LogP contribution in [0.5, 0.6) is 11.5 Å². The summed E-state index contributed by atoms with van der Waals surface area (Å²) in [6.07, 6.45) is 5.60. The zero-order valence-corrected chi connectivity index (χ0v) is 14.1. The van der Waals surface area contributed by atoms with Gasteiger partial charge in [-0.1, -0.05) is 0 Å². The second kappa shape index (κ2) is 8.38. The normalized spacial score (nSPS) is 14.3. The first kappa shape index (κ1) is 16.4. The molecular formula is C18H24N4O2. The van der Waals surface area contributed by atoms with E-state index in [-0.39, 0.29) is 0 Å². The number of rotatable bonds is 7. The van der Waals surface area contributed by atoms with Crippen molar-refractivity contribution in [2.45, 2.75) is 19.3 Å². The fourth-order valence-electron chi connectivity index (χ4n) is 2.74. The average molecular weight is 328 g/mol. The van der Waals surface area contributed by atoms with E-state index in [1.165, 1.54) is 19.3 Å². The van der Waals surface area contributed by atoms with Crippen LogP contribution >= 0.6 is 0 Å². The van der Waals surface area contributed by atoms with Gasteiger partial charge in [-0.2, -0.15) is 4.98 Å². The number of aromatic nitrogens is 2. The minimum Gasteiger partial charge on any atom is -0.497 e. The van der Waals surface area contributed by atoms with Gasteiger partial charge in [-0.3, -0.25) is 0 Å². The molecule has 2 aromatic rings. The van der Waals surface area contributed by atoms with Crippen molar-refractivity contribution in [2.75, 3.05) is 43.6 Å². The molecule has 3 rings (SSSR count). The minimum atomic E-state index is 0.545. The van der Waals surface area contributed by atoms with Gasteiger partial charge in [0.1, 0.15) is 23.9 Å². The van der Waals surface area contributed by atoms with Crippen molar-refractivity contribution in [3.63, 3.8) is 0 Å². The van der Waals surface area contributed by atoms with Gasteiger partial charge in [0.15, 0.2) is 0 Å². The summed E-state index contributed by atoms with van der Waals surface area (Å²) < 4.78 is 10.8. The van der Waals surface area contributed by atoms with E-state index < -0.39 is 0 Å². The first-order valence-electron chi connectivity index (χ1n) is 8.44. The van der Waals surface area contributed by atoms with E-state index in [1.807, 2.05) is 36.5 Å². The summed E-state index contributed by atoms with van der Waals surface area (Å²) in [7, 11) is 1.65. The Balaban J connectivity index is 1.45. The van der Waals surface area contributed by atoms with E-state index in [9.17, 15) is 0 Å². The molecule has 1 fully saturated rings. The van der Waals surface area contributed by atoms with E-state index in [4.69, 9.17) is 9.47 Å². The number of benzene rings is 1. The van der Waals surface area contributed by atoms with Gasteiger partial charge < -0.3 is 19.7 Å². The van der Waals surface area contributed by atoms with Crippen LogP contribution in [0.2, 0.25) is 0 Å². The van der Waals surface area contributed by atoms with Crippen LogP contribution in [0.15, 0.2) is 36.5 Å². The lowest BCUT2D eigenvalue weighted by Crippen LogP contribution is -2.30. The maximum Gasteiger partial charge on any atom is 0.224 e. The predicted molar refractivity (Wildman–Crippen MR) is 95.1 cm³/mol. The number of nitrogens with zero attached hydrogens (tertiary/aromatic N) is 3. The number of anilines is 2. The van der Waals surface area contributed by atoms with Crippen molar-refractivity contribution in [1.82, 2.24) is 9.97 Å². The molecule has 6 nitrogen and oxygen atoms in total. The van der Waals surface area contributed by atoms with Gasteiger partial charge in [-0.05, 0) is 49.6 Å². The summed E-state index contributed by atoms with van der Waals surface area (Å²) >= 11 is 0. The molecule has 2 heterocycles. The SMILES string of the molecule is COc1ccc(OCCNc2nccc(N3CCCCC3)n2)cc1. The van der Waals surface area contributed by atoms with E-state index >= 15 is 0 Å². The highest BCUT2D eigenvalue weighted by atomic mass is 16.5. The maximum atomic E-state index is 5.69. The molecule has 1 saturated heterocycles. The molecule has 0 unspecified atom stereocenters. The molecular weight excluding hydrogens is 304 g/mol. The topological polar surface area (TPSA) is 59.5 Å². The van der Waals surface area contributed by atoms with Crippen LogP contribution in [0.3, 0.4) is 0 Å². The van der Waals surface area contributed by atoms with Crippen LogP contribution in [-0.4, -0.2) is 43.3 Å². The Bertz CT molecular complexity index is 627. The Morgan fingerprint density at radius 1 is 1.04 bits per heavy atom. The highest BCUT2D eigenvalue weighted by Crippen LogP contribution is 2.18. The molecule has 0 amide bonds. The smallest absolute Gasteiger partial charge is 0.224 e. The second-order valence-electron chi connectivity index (χ2n) is 5.74. The van der Waals surface area contributed by atoms with Crippen LogP contribution in [-0.2, 0) is 0 Å². The lowest BCUT2D eigenvalue weighted by atomic mass is 10.1. The predicted octanol–water partition coefficient (Wildman–Crippen LogP) is 2.97. The monoisotopic (exact) mass is 328 g/mol. The van der Waals surface area contributed by atoms with Gasteiger partial charge in [0.2, 0.25) is 5.95 Å². The fourth-order valence-corrected chi connectivity index (χ4v) is 2.74.